The number of fused-ring (bicyclic) bond motifs is 1. The fraction of sp³-hybridized carbons (Fsp3) is 0.429. The minimum atomic E-state index is -0.178. The van der Waals surface area contributed by atoms with Gasteiger partial charge in [-0.05, 0) is 12.1 Å². The molecule has 2 N–H and O–H groups in total. The van der Waals surface area contributed by atoms with Gasteiger partial charge in [0, 0.05) is 19.6 Å². The van der Waals surface area contributed by atoms with E-state index in [4.69, 9.17) is 9.84 Å². The van der Waals surface area contributed by atoms with Crippen LogP contribution in [0.4, 0.5) is 0 Å². The highest BCUT2D eigenvalue weighted by Gasteiger charge is 2.21. The van der Waals surface area contributed by atoms with Gasteiger partial charge in [-0.2, -0.15) is 0 Å². The first-order chi connectivity index (χ1) is 9.76. The number of aliphatic hydroxyl groups excluding tert-OH is 1. The van der Waals surface area contributed by atoms with Crippen LogP contribution in [-0.2, 0) is 11.3 Å². The van der Waals surface area contributed by atoms with Gasteiger partial charge in [0.05, 0.1) is 30.4 Å². The fourth-order valence-electron chi connectivity index (χ4n) is 2.42. The van der Waals surface area contributed by atoms with Gasteiger partial charge in [0.1, 0.15) is 5.69 Å². The Labute approximate surface area is 116 Å². The van der Waals surface area contributed by atoms with E-state index in [1.165, 1.54) is 0 Å². The van der Waals surface area contributed by atoms with Gasteiger partial charge >= 0.3 is 0 Å². The highest BCUT2D eigenvalue weighted by molar-refractivity contribution is 5.73. The van der Waals surface area contributed by atoms with Crippen molar-refractivity contribution < 1.29 is 9.84 Å². The zero-order chi connectivity index (χ0) is 13.9. The molecule has 6 nitrogen and oxygen atoms in total. The molecular weight excluding hydrogens is 258 g/mol. The number of morpholine rings is 1. The molecule has 0 bridgehead atoms. The summed E-state index contributed by atoms with van der Waals surface area (Å²) < 4.78 is 5.40. The molecule has 2 heterocycles. The molecule has 2 aromatic rings. The molecule has 6 heteroatoms. The number of aromatic nitrogens is 2. The summed E-state index contributed by atoms with van der Waals surface area (Å²) in [5.41, 5.74) is 1.88. The van der Waals surface area contributed by atoms with Gasteiger partial charge in [-0.1, -0.05) is 12.1 Å². The maximum Gasteiger partial charge on any atom is 0.271 e. The third-order valence-corrected chi connectivity index (χ3v) is 3.47. The van der Waals surface area contributed by atoms with Crippen LogP contribution in [0.3, 0.4) is 0 Å². The molecule has 1 aliphatic rings. The average molecular weight is 275 g/mol. The molecule has 1 aromatic carbocycles. The SMILES string of the molecule is O=c1[nH]c2ccccc2nc1CN1CCOC(CO)C1. The van der Waals surface area contributed by atoms with E-state index in [2.05, 4.69) is 14.9 Å². The van der Waals surface area contributed by atoms with E-state index >= 15 is 0 Å². The molecule has 0 aliphatic carbocycles. The first-order valence-electron chi connectivity index (χ1n) is 6.69. The predicted octanol–water partition coefficient (Wildman–Crippen LogP) is 0.116. The van der Waals surface area contributed by atoms with Gasteiger partial charge in [-0.3, -0.25) is 9.69 Å². The predicted molar refractivity (Wildman–Crippen MR) is 74.5 cm³/mol. The Kier molecular flexibility index (Phi) is 3.77. The van der Waals surface area contributed by atoms with Crippen molar-refractivity contribution in [3.63, 3.8) is 0 Å². The number of para-hydroxylation sites is 2. The summed E-state index contributed by atoms with van der Waals surface area (Å²) in [6.07, 6.45) is -0.178. The lowest BCUT2D eigenvalue weighted by atomic mass is 10.2. The molecule has 3 rings (SSSR count). The molecule has 1 saturated heterocycles. The van der Waals surface area contributed by atoms with Crippen LogP contribution >= 0.6 is 0 Å². The summed E-state index contributed by atoms with van der Waals surface area (Å²) in [5, 5.41) is 9.14. The normalized spacial score (nSPS) is 20.4. The molecule has 20 heavy (non-hydrogen) atoms. The first-order valence-corrected chi connectivity index (χ1v) is 6.69. The van der Waals surface area contributed by atoms with E-state index in [0.717, 1.165) is 17.6 Å². The van der Waals surface area contributed by atoms with Crippen LogP contribution in [-0.4, -0.2) is 52.4 Å². The number of aliphatic hydroxyl groups is 1. The van der Waals surface area contributed by atoms with Crippen molar-refractivity contribution >= 4 is 11.0 Å². The Bertz CT molecular complexity index is 655. The fourth-order valence-corrected chi connectivity index (χ4v) is 2.42. The lowest BCUT2D eigenvalue weighted by molar-refractivity contribution is -0.0554. The van der Waals surface area contributed by atoms with Crippen molar-refractivity contribution in [3.05, 3.63) is 40.3 Å². The van der Waals surface area contributed by atoms with E-state index in [-0.39, 0.29) is 18.3 Å². The molecule has 0 spiro atoms. The maximum atomic E-state index is 12.0. The smallest absolute Gasteiger partial charge is 0.271 e. The van der Waals surface area contributed by atoms with E-state index in [1.54, 1.807) is 0 Å². The Morgan fingerprint density at radius 1 is 1.45 bits per heavy atom. The lowest BCUT2D eigenvalue weighted by Gasteiger charge is -2.31. The molecular formula is C14H17N3O3. The van der Waals surface area contributed by atoms with Gasteiger partial charge in [0.2, 0.25) is 0 Å². The highest BCUT2D eigenvalue weighted by atomic mass is 16.5. The number of benzene rings is 1. The summed E-state index contributed by atoms with van der Waals surface area (Å²) in [5.74, 6) is 0. The monoisotopic (exact) mass is 275 g/mol. The Morgan fingerprint density at radius 3 is 3.15 bits per heavy atom. The largest absolute Gasteiger partial charge is 0.394 e. The van der Waals surface area contributed by atoms with Crippen LogP contribution in [0, 0.1) is 0 Å². The zero-order valence-corrected chi connectivity index (χ0v) is 11.1. The third kappa shape index (κ3) is 2.72. The maximum absolute atomic E-state index is 12.0. The van der Waals surface area contributed by atoms with Crippen LogP contribution in [0.5, 0.6) is 0 Å². The Hall–Kier alpha value is -1.76. The standard InChI is InChI=1S/C14H17N3O3/c18-9-10-7-17(5-6-20-10)8-13-14(19)16-12-4-2-1-3-11(12)15-13/h1-4,10,18H,5-9H2,(H,16,19). The van der Waals surface area contributed by atoms with Gasteiger partial charge in [0.25, 0.3) is 5.56 Å². The number of H-pyrrole nitrogens is 1. The topological polar surface area (TPSA) is 78.5 Å². The van der Waals surface area contributed by atoms with E-state index in [9.17, 15) is 4.79 Å². The molecule has 1 aromatic heterocycles. The minimum absolute atomic E-state index is 0.00198. The second kappa shape index (κ2) is 5.70. The van der Waals surface area contributed by atoms with Crippen LogP contribution in [0.1, 0.15) is 5.69 Å². The van der Waals surface area contributed by atoms with Crippen molar-refractivity contribution in [3.8, 4) is 0 Å². The average Bonchev–Trinajstić information content (AvgIpc) is 2.48. The number of ether oxygens (including phenoxy) is 1. The minimum Gasteiger partial charge on any atom is -0.394 e. The number of hydrogen-bond acceptors (Lipinski definition) is 5. The number of hydrogen-bond donors (Lipinski definition) is 2. The summed E-state index contributed by atoms with van der Waals surface area (Å²) in [4.78, 5) is 21.4. The van der Waals surface area contributed by atoms with Crippen LogP contribution < -0.4 is 5.56 Å². The van der Waals surface area contributed by atoms with Crippen LogP contribution in [0.15, 0.2) is 29.1 Å². The summed E-state index contributed by atoms with van der Waals surface area (Å²) >= 11 is 0. The zero-order valence-electron chi connectivity index (χ0n) is 11.1. The Morgan fingerprint density at radius 2 is 2.30 bits per heavy atom. The van der Waals surface area contributed by atoms with Crippen molar-refractivity contribution in [1.82, 2.24) is 14.9 Å². The Balaban J connectivity index is 1.83. The molecule has 1 fully saturated rings. The number of nitrogens with zero attached hydrogens (tertiary/aromatic N) is 2. The summed E-state index contributed by atoms with van der Waals surface area (Å²) in [6, 6.07) is 7.48. The third-order valence-electron chi connectivity index (χ3n) is 3.47. The molecule has 0 radical (unpaired) electrons. The molecule has 1 unspecified atom stereocenters. The van der Waals surface area contributed by atoms with Gasteiger partial charge in [-0.25, -0.2) is 4.98 Å². The van der Waals surface area contributed by atoms with E-state index in [0.29, 0.717) is 25.4 Å². The molecule has 106 valence electrons. The lowest BCUT2D eigenvalue weighted by Crippen LogP contribution is -2.44. The second-order valence-electron chi connectivity index (χ2n) is 4.94. The van der Waals surface area contributed by atoms with Gasteiger partial charge in [0.15, 0.2) is 0 Å². The van der Waals surface area contributed by atoms with Crippen LogP contribution in [0.25, 0.3) is 11.0 Å². The van der Waals surface area contributed by atoms with E-state index < -0.39 is 0 Å². The van der Waals surface area contributed by atoms with Crippen molar-refractivity contribution in [2.75, 3.05) is 26.3 Å². The second-order valence-corrected chi connectivity index (χ2v) is 4.94. The summed E-state index contributed by atoms with van der Waals surface area (Å²) in [6.45, 7) is 2.39. The van der Waals surface area contributed by atoms with Gasteiger partial charge in [-0.15, -0.1) is 0 Å². The quantitative estimate of drug-likeness (QED) is 0.831. The summed E-state index contributed by atoms with van der Waals surface area (Å²) in [7, 11) is 0. The number of nitrogens with one attached hydrogen (secondary N) is 1. The number of aromatic amines is 1. The molecule has 0 amide bonds. The molecule has 0 saturated carbocycles. The van der Waals surface area contributed by atoms with Gasteiger partial charge < -0.3 is 14.8 Å². The van der Waals surface area contributed by atoms with Crippen LogP contribution in [0.2, 0.25) is 0 Å². The number of rotatable bonds is 3. The highest BCUT2D eigenvalue weighted by Crippen LogP contribution is 2.10. The molecule has 1 atom stereocenters. The van der Waals surface area contributed by atoms with E-state index in [1.807, 2.05) is 24.3 Å². The molecule has 1 aliphatic heterocycles. The van der Waals surface area contributed by atoms with Crippen molar-refractivity contribution in [2.45, 2.75) is 12.6 Å². The van der Waals surface area contributed by atoms with Crippen molar-refractivity contribution in [2.24, 2.45) is 0 Å². The first kappa shape index (κ1) is 13.2. The van der Waals surface area contributed by atoms with Crippen molar-refractivity contribution in [1.29, 1.82) is 0 Å².